The summed E-state index contributed by atoms with van der Waals surface area (Å²) in [7, 11) is 0. The summed E-state index contributed by atoms with van der Waals surface area (Å²) in [4.78, 5) is 16.7. The topological polar surface area (TPSA) is 48.7 Å². The second-order valence-electron chi connectivity index (χ2n) is 7.30. The van der Waals surface area contributed by atoms with E-state index in [1.165, 1.54) is 11.1 Å². The Bertz CT molecular complexity index is 672. The lowest BCUT2D eigenvalue weighted by Crippen LogP contribution is -2.49. The van der Waals surface area contributed by atoms with E-state index in [4.69, 9.17) is 4.42 Å². The third-order valence-corrected chi connectivity index (χ3v) is 4.92. The summed E-state index contributed by atoms with van der Waals surface area (Å²) in [5.41, 5.74) is 2.75. The molecule has 5 heteroatoms. The molecule has 0 spiro atoms. The van der Waals surface area contributed by atoms with Crippen LogP contribution in [0, 0.1) is 0 Å². The van der Waals surface area contributed by atoms with Gasteiger partial charge in [0.1, 0.15) is 5.76 Å². The van der Waals surface area contributed by atoms with Crippen molar-refractivity contribution in [1.82, 2.24) is 15.1 Å². The van der Waals surface area contributed by atoms with Crippen molar-refractivity contribution in [3.63, 3.8) is 0 Å². The molecule has 0 unspecified atom stereocenters. The number of piperazine rings is 1. The van der Waals surface area contributed by atoms with Gasteiger partial charge in [0.05, 0.1) is 19.4 Å². The van der Waals surface area contributed by atoms with Crippen LogP contribution < -0.4 is 5.32 Å². The van der Waals surface area contributed by atoms with Crippen LogP contribution in [0.2, 0.25) is 0 Å². The molecule has 0 atom stereocenters. The molecule has 1 amide bonds. The van der Waals surface area contributed by atoms with Crippen LogP contribution in [-0.2, 0) is 17.9 Å². The van der Waals surface area contributed by atoms with Crippen molar-refractivity contribution in [2.75, 3.05) is 32.7 Å². The number of rotatable bonds is 7. The molecule has 140 valence electrons. The number of carbonyl (C=O) groups is 1. The van der Waals surface area contributed by atoms with E-state index in [0.29, 0.717) is 19.0 Å². The molecule has 2 aromatic rings. The smallest absolute Gasteiger partial charge is 0.234 e. The van der Waals surface area contributed by atoms with Gasteiger partial charge in [-0.05, 0) is 29.2 Å². The minimum Gasteiger partial charge on any atom is -0.467 e. The van der Waals surface area contributed by atoms with E-state index >= 15 is 0 Å². The minimum atomic E-state index is 0.0547. The maximum atomic E-state index is 12.1. The minimum absolute atomic E-state index is 0.0547. The van der Waals surface area contributed by atoms with Gasteiger partial charge in [0.2, 0.25) is 5.91 Å². The molecule has 1 saturated heterocycles. The van der Waals surface area contributed by atoms with Crippen LogP contribution in [0.15, 0.2) is 47.1 Å². The number of amides is 1. The van der Waals surface area contributed by atoms with Gasteiger partial charge in [0.15, 0.2) is 0 Å². The molecule has 1 aliphatic heterocycles. The van der Waals surface area contributed by atoms with E-state index in [1.807, 2.05) is 12.1 Å². The van der Waals surface area contributed by atoms with Gasteiger partial charge in [-0.15, -0.1) is 0 Å². The zero-order valence-electron chi connectivity index (χ0n) is 15.8. The molecule has 1 aromatic heterocycles. The van der Waals surface area contributed by atoms with Gasteiger partial charge in [-0.3, -0.25) is 14.6 Å². The van der Waals surface area contributed by atoms with Gasteiger partial charge in [-0.1, -0.05) is 38.1 Å². The molecule has 26 heavy (non-hydrogen) atoms. The zero-order valence-corrected chi connectivity index (χ0v) is 15.8. The molecular formula is C21H29N3O2. The number of hydrogen-bond donors (Lipinski definition) is 1. The van der Waals surface area contributed by atoms with Crippen molar-refractivity contribution in [2.45, 2.75) is 32.9 Å². The predicted molar refractivity (Wildman–Crippen MR) is 103 cm³/mol. The van der Waals surface area contributed by atoms with E-state index in [-0.39, 0.29) is 5.91 Å². The lowest BCUT2D eigenvalue weighted by molar-refractivity contribution is -0.122. The summed E-state index contributed by atoms with van der Waals surface area (Å²) in [5.74, 6) is 1.41. The largest absolute Gasteiger partial charge is 0.467 e. The fourth-order valence-electron chi connectivity index (χ4n) is 3.23. The lowest BCUT2D eigenvalue weighted by Gasteiger charge is -2.34. The number of carbonyl (C=O) groups excluding carboxylic acids is 1. The monoisotopic (exact) mass is 355 g/mol. The molecule has 0 radical (unpaired) electrons. The van der Waals surface area contributed by atoms with Crippen molar-refractivity contribution in [2.24, 2.45) is 0 Å². The summed E-state index contributed by atoms with van der Waals surface area (Å²) in [6.07, 6.45) is 1.62. The summed E-state index contributed by atoms with van der Waals surface area (Å²) < 4.78 is 5.23. The Morgan fingerprint density at radius 1 is 1.08 bits per heavy atom. The van der Waals surface area contributed by atoms with Crippen molar-refractivity contribution in [3.05, 3.63) is 59.5 Å². The van der Waals surface area contributed by atoms with Gasteiger partial charge >= 0.3 is 0 Å². The number of nitrogens with one attached hydrogen (secondary N) is 1. The second kappa shape index (κ2) is 9.01. The summed E-state index contributed by atoms with van der Waals surface area (Å²) in [6.45, 7) is 10.2. The van der Waals surface area contributed by atoms with Gasteiger partial charge in [0, 0.05) is 32.7 Å². The van der Waals surface area contributed by atoms with Crippen LogP contribution in [0.25, 0.3) is 0 Å². The molecular weight excluding hydrogens is 326 g/mol. The van der Waals surface area contributed by atoms with Crippen LogP contribution >= 0.6 is 0 Å². The predicted octanol–water partition coefficient (Wildman–Crippen LogP) is 2.84. The Labute approximate surface area is 156 Å². The quantitative estimate of drug-likeness (QED) is 0.830. The first-order chi connectivity index (χ1) is 12.6. The molecule has 0 bridgehead atoms. The first kappa shape index (κ1) is 18.7. The first-order valence-corrected chi connectivity index (χ1v) is 9.43. The maximum Gasteiger partial charge on any atom is 0.234 e. The second-order valence-corrected chi connectivity index (χ2v) is 7.30. The molecule has 1 N–H and O–H groups in total. The van der Waals surface area contributed by atoms with Crippen molar-refractivity contribution in [1.29, 1.82) is 0 Å². The summed E-state index contributed by atoms with van der Waals surface area (Å²) in [5, 5.41) is 2.91. The van der Waals surface area contributed by atoms with Gasteiger partial charge in [-0.2, -0.15) is 0 Å². The fraction of sp³-hybridized carbons (Fsp3) is 0.476. The van der Waals surface area contributed by atoms with E-state index in [0.717, 1.165) is 38.5 Å². The van der Waals surface area contributed by atoms with E-state index < -0.39 is 0 Å². The Balaban J connectivity index is 1.37. The Kier molecular flexibility index (Phi) is 6.47. The average molecular weight is 355 g/mol. The van der Waals surface area contributed by atoms with Crippen molar-refractivity contribution >= 4 is 5.91 Å². The van der Waals surface area contributed by atoms with Gasteiger partial charge in [0.25, 0.3) is 0 Å². The van der Waals surface area contributed by atoms with Crippen LogP contribution in [0.5, 0.6) is 0 Å². The van der Waals surface area contributed by atoms with Gasteiger partial charge in [-0.25, -0.2) is 0 Å². The lowest BCUT2D eigenvalue weighted by atomic mass is 10.0. The molecule has 1 aromatic carbocycles. The highest BCUT2D eigenvalue weighted by Crippen LogP contribution is 2.16. The molecule has 0 saturated carbocycles. The number of hydrogen-bond acceptors (Lipinski definition) is 4. The third-order valence-electron chi connectivity index (χ3n) is 4.92. The molecule has 0 aliphatic carbocycles. The van der Waals surface area contributed by atoms with E-state index in [1.54, 1.807) is 6.26 Å². The average Bonchev–Trinajstić information content (AvgIpc) is 3.16. The normalized spacial score (nSPS) is 16.1. The van der Waals surface area contributed by atoms with E-state index in [2.05, 4.69) is 53.2 Å². The number of nitrogens with zero attached hydrogens (tertiary/aromatic N) is 2. The van der Waals surface area contributed by atoms with Gasteiger partial charge < -0.3 is 9.73 Å². The summed E-state index contributed by atoms with van der Waals surface area (Å²) >= 11 is 0. The van der Waals surface area contributed by atoms with Crippen LogP contribution in [0.1, 0.15) is 36.7 Å². The van der Waals surface area contributed by atoms with Crippen LogP contribution in [-0.4, -0.2) is 48.4 Å². The maximum absolute atomic E-state index is 12.1. The van der Waals surface area contributed by atoms with Crippen molar-refractivity contribution < 1.29 is 9.21 Å². The highest BCUT2D eigenvalue weighted by molar-refractivity contribution is 5.77. The standard InChI is InChI=1S/C21H29N3O2/c1-17(2)19-7-5-18(6-8-19)15-23-9-11-24(12-10-23)16-21(25)22-14-20-4-3-13-26-20/h3-8,13,17H,9-12,14-16H2,1-2H3,(H,22,25). The Morgan fingerprint density at radius 2 is 1.77 bits per heavy atom. The molecule has 1 fully saturated rings. The molecule has 1 aliphatic rings. The Morgan fingerprint density at radius 3 is 2.38 bits per heavy atom. The van der Waals surface area contributed by atoms with Crippen LogP contribution in [0.4, 0.5) is 0 Å². The SMILES string of the molecule is CC(C)c1ccc(CN2CCN(CC(=O)NCc3ccco3)CC2)cc1. The first-order valence-electron chi connectivity index (χ1n) is 9.43. The highest BCUT2D eigenvalue weighted by Gasteiger charge is 2.19. The third kappa shape index (κ3) is 5.44. The zero-order chi connectivity index (χ0) is 18.4. The number of benzene rings is 1. The fourth-order valence-corrected chi connectivity index (χ4v) is 3.23. The molecule has 5 nitrogen and oxygen atoms in total. The summed E-state index contributed by atoms with van der Waals surface area (Å²) in [6, 6.07) is 12.6. The molecule has 3 rings (SSSR count). The number of furan rings is 1. The molecule has 2 heterocycles. The highest BCUT2D eigenvalue weighted by atomic mass is 16.3. The van der Waals surface area contributed by atoms with E-state index in [9.17, 15) is 4.79 Å². The van der Waals surface area contributed by atoms with Crippen LogP contribution in [0.3, 0.4) is 0 Å². The Hall–Kier alpha value is -2.11. The van der Waals surface area contributed by atoms with Crippen molar-refractivity contribution in [3.8, 4) is 0 Å².